The molecular weight excluding hydrogens is 404 g/mol. The lowest BCUT2D eigenvalue weighted by molar-refractivity contribution is 0.0656. The molecule has 1 saturated carbocycles. The monoisotopic (exact) mass is 434 g/mol. The number of carbonyl (C=O) groups excluding carboxylic acids is 1. The summed E-state index contributed by atoms with van der Waals surface area (Å²) in [5, 5.41) is 4.07. The van der Waals surface area contributed by atoms with E-state index in [-0.39, 0.29) is 5.91 Å². The molecule has 1 aliphatic carbocycles. The summed E-state index contributed by atoms with van der Waals surface area (Å²) in [6, 6.07) is 12.4. The van der Waals surface area contributed by atoms with Crippen molar-refractivity contribution in [2.75, 3.05) is 19.7 Å². The van der Waals surface area contributed by atoms with Crippen molar-refractivity contribution in [3.8, 4) is 0 Å². The first-order valence-electron chi connectivity index (χ1n) is 11.6. The molecule has 2 aliphatic rings. The first-order valence-corrected chi connectivity index (χ1v) is 11.6. The highest BCUT2D eigenvalue weighted by molar-refractivity contribution is 5.91. The highest BCUT2D eigenvalue weighted by atomic mass is 16.5. The summed E-state index contributed by atoms with van der Waals surface area (Å²) < 4.78 is 13.2. The molecule has 7 nitrogen and oxygen atoms in total. The third-order valence-corrected chi connectivity index (χ3v) is 6.43. The second-order valence-electron chi connectivity index (χ2n) is 9.07. The molecule has 1 aliphatic heterocycles. The molecule has 5 rings (SSSR count). The topological polar surface area (TPSA) is 73.4 Å². The lowest BCUT2D eigenvalue weighted by atomic mass is 9.90. The van der Waals surface area contributed by atoms with Gasteiger partial charge in [0.2, 0.25) is 0 Å². The molecule has 0 spiro atoms. The number of carbonyl (C=O) groups is 1. The number of likely N-dealkylation sites (tertiary alicyclic amines) is 1. The van der Waals surface area contributed by atoms with Gasteiger partial charge in [-0.2, -0.15) is 5.10 Å². The van der Waals surface area contributed by atoms with Gasteiger partial charge < -0.3 is 14.1 Å². The molecular formula is C25H30N4O3. The average molecular weight is 435 g/mol. The van der Waals surface area contributed by atoms with E-state index in [9.17, 15) is 4.79 Å². The van der Waals surface area contributed by atoms with E-state index in [0.29, 0.717) is 30.6 Å². The van der Waals surface area contributed by atoms with Crippen LogP contribution in [0.5, 0.6) is 0 Å². The van der Waals surface area contributed by atoms with Crippen LogP contribution in [0.4, 0.5) is 0 Å². The zero-order valence-electron chi connectivity index (χ0n) is 18.4. The van der Waals surface area contributed by atoms with Crippen molar-refractivity contribution in [1.82, 2.24) is 19.7 Å². The van der Waals surface area contributed by atoms with E-state index in [0.717, 1.165) is 44.9 Å². The fourth-order valence-corrected chi connectivity index (χ4v) is 4.28. The minimum absolute atomic E-state index is 0.0242. The summed E-state index contributed by atoms with van der Waals surface area (Å²) in [6.07, 6.45) is 8.87. The van der Waals surface area contributed by atoms with Crippen molar-refractivity contribution in [2.45, 2.75) is 45.3 Å². The molecule has 2 fully saturated rings. The fourth-order valence-electron chi connectivity index (χ4n) is 4.28. The van der Waals surface area contributed by atoms with E-state index in [1.54, 1.807) is 17.1 Å². The Bertz CT molecular complexity index is 1000. The van der Waals surface area contributed by atoms with Crippen LogP contribution >= 0.6 is 0 Å². The van der Waals surface area contributed by atoms with Gasteiger partial charge in [-0.15, -0.1) is 0 Å². The first-order chi connectivity index (χ1) is 15.7. The quantitative estimate of drug-likeness (QED) is 0.510. The smallest absolute Gasteiger partial charge is 0.289 e. The molecule has 168 valence electrons. The SMILES string of the molecule is O=C(c1ccc(Cn2cncn2)o1)N1CCC(Cc2ccc(COCC3CC3)cc2)CC1. The second kappa shape index (κ2) is 9.69. The number of benzene rings is 1. The Kier molecular flexibility index (Phi) is 6.34. The molecule has 0 unspecified atom stereocenters. The summed E-state index contributed by atoms with van der Waals surface area (Å²) in [5.41, 5.74) is 2.61. The number of aromatic nitrogens is 3. The van der Waals surface area contributed by atoms with Crippen molar-refractivity contribution in [3.05, 3.63) is 71.7 Å². The van der Waals surface area contributed by atoms with Gasteiger partial charge in [0.1, 0.15) is 25.0 Å². The third-order valence-electron chi connectivity index (χ3n) is 6.43. The predicted octanol–water partition coefficient (Wildman–Crippen LogP) is 3.94. The second-order valence-corrected chi connectivity index (χ2v) is 9.07. The zero-order chi connectivity index (χ0) is 21.8. The Hall–Kier alpha value is -2.93. The van der Waals surface area contributed by atoms with E-state index in [1.165, 1.54) is 30.3 Å². The Morgan fingerprint density at radius 2 is 1.78 bits per heavy atom. The molecule has 1 aromatic carbocycles. The Morgan fingerprint density at radius 1 is 1.00 bits per heavy atom. The number of rotatable bonds is 9. The molecule has 0 N–H and O–H groups in total. The minimum atomic E-state index is -0.0242. The number of piperidine rings is 1. The largest absolute Gasteiger partial charge is 0.454 e. The van der Waals surface area contributed by atoms with Crippen molar-refractivity contribution in [3.63, 3.8) is 0 Å². The van der Waals surface area contributed by atoms with E-state index in [1.807, 2.05) is 11.0 Å². The maximum absolute atomic E-state index is 12.8. The molecule has 0 atom stereocenters. The number of nitrogens with zero attached hydrogens (tertiary/aromatic N) is 4. The van der Waals surface area contributed by atoms with Crippen LogP contribution in [-0.2, 0) is 24.3 Å². The molecule has 7 heteroatoms. The lowest BCUT2D eigenvalue weighted by Crippen LogP contribution is -2.38. The molecule has 3 heterocycles. The van der Waals surface area contributed by atoms with Crippen LogP contribution in [-0.4, -0.2) is 45.3 Å². The van der Waals surface area contributed by atoms with Gasteiger partial charge in [0.25, 0.3) is 5.91 Å². The molecule has 0 bridgehead atoms. The van der Waals surface area contributed by atoms with Gasteiger partial charge in [-0.3, -0.25) is 4.79 Å². The van der Waals surface area contributed by atoms with Crippen LogP contribution in [0.3, 0.4) is 0 Å². The summed E-state index contributed by atoms with van der Waals surface area (Å²) in [6.45, 7) is 3.64. The van der Waals surface area contributed by atoms with Gasteiger partial charge in [0.15, 0.2) is 5.76 Å². The maximum Gasteiger partial charge on any atom is 0.289 e. The van der Waals surface area contributed by atoms with Crippen molar-refractivity contribution >= 4 is 5.91 Å². The number of furan rings is 1. The van der Waals surface area contributed by atoms with Crippen LogP contribution in [0.15, 0.2) is 53.5 Å². The van der Waals surface area contributed by atoms with Gasteiger partial charge in [-0.1, -0.05) is 24.3 Å². The molecule has 1 amide bonds. The maximum atomic E-state index is 12.8. The first kappa shape index (κ1) is 20.9. The zero-order valence-corrected chi connectivity index (χ0v) is 18.4. The number of hydrogen-bond donors (Lipinski definition) is 0. The summed E-state index contributed by atoms with van der Waals surface area (Å²) in [4.78, 5) is 18.7. The Morgan fingerprint density at radius 3 is 2.50 bits per heavy atom. The normalized spacial score (nSPS) is 17.1. The van der Waals surface area contributed by atoms with E-state index in [2.05, 4.69) is 34.3 Å². The highest BCUT2D eigenvalue weighted by Crippen LogP contribution is 2.29. The van der Waals surface area contributed by atoms with E-state index >= 15 is 0 Å². The molecule has 3 aromatic rings. The summed E-state index contributed by atoms with van der Waals surface area (Å²) in [7, 11) is 0. The summed E-state index contributed by atoms with van der Waals surface area (Å²) in [5.74, 6) is 2.49. The van der Waals surface area contributed by atoms with Crippen molar-refractivity contribution in [1.29, 1.82) is 0 Å². The predicted molar refractivity (Wildman–Crippen MR) is 119 cm³/mol. The lowest BCUT2D eigenvalue weighted by Gasteiger charge is -2.31. The Labute approximate surface area is 188 Å². The van der Waals surface area contributed by atoms with E-state index < -0.39 is 0 Å². The fraction of sp³-hybridized carbons (Fsp3) is 0.480. The third kappa shape index (κ3) is 5.46. The van der Waals surface area contributed by atoms with Crippen LogP contribution in [0, 0.1) is 11.8 Å². The highest BCUT2D eigenvalue weighted by Gasteiger charge is 2.26. The standard InChI is InChI=1S/C25H30N4O3/c30-25(24-8-7-23(32-24)14-29-18-26-17-27-29)28-11-9-20(10-12-28)13-19-1-3-21(4-2-19)15-31-16-22-5-6-22/h1-4,7-8,17-18,20,22H,5-6,9-16H2. The molecule has 0 radical (unpaired) electrons. The van der Waals surface area contributed by atoms with Crippen molar-refractivity contribution in [2.24, 2.45) is 11.8 Å². The van der Waals surface area contributed by atoms with Crippen LogP contribution in [0.25, 0.3) is 0 Å². The number of ether oxygens (including phenoxy) is 1. The molecule has 1 saturated heterocycles. The van der Waals surface area contributed by atoms with Gasteiger partial charge in [0.05, 0.1) is 6.61 Å². The summed E-state index contributed by atoms with van der Waals surface area (Å²) >= 11 is 0. The average Bonchev–Trinajstić information content (AvgIpc) is 3.29. The molecule has 2 aromatic heterocycles. The van der Waals surface area contributed by atoms with Gasteiger partial charge in [-0.05, 0) is 67.2 Å². The van der Waals surface area contributed by atoms with Crippen molar-refractivity contribution < 1.29 is 13.9 Å². The minimum Gasteiger partial charge on any atom is -0.454 e. The van der Waals surface area contributed by atoms with Crippen LogP contribution in [0.2, 0.25) is 0 Å². The van der Waals surface area contributed by atoms with E-state index in [4.69, 9.17) is 9.15 Å². The van der Waals surface area contributed by atoms with Gasteiger partial charge in [-0.25, -0.2) is 9.67 Å². The van der Waals surface area contributed by atoms with Gasteiger partial charge in [0, 0.05) is 19.7 Å². The van der Waals surface area contributed by atoms with Crippen LogP contribution in [0.1, 0.15) is 53.1 Å². The Balaban J connectivity index is 1.07. The number of hydrogen-bond acceptors (Lipinski definition) is 5. The number of amides is 1. The molecule has 32 heavy (non-hydrogen) atoms. The van der Waals surface area contributed by atoms with Crippen LogP contribution < -0.4 is 0 Å². The van der Waals surface area contributed by atoms with Gasteiger partial charge >= 0.3 is 0 Å².